The average Bonchev–Trinajstić information content (AvgIpc) is 2.81. The quantitative estimate of drug-likeness (QED) is 0.860. The molecule has 2 N–H and O–H groups in total. The second-order valence-corrected chi connectivity index (χ2v) is 6.05. The van der Waals surface area contributed by atoms with Gasteiger partial charge in [-0.25, -0.2) is 0 Å². The predicted molar refractivity (Wildman–Crippen MR) is 76.8 cm³/mol. The standard InChI is InChI=1S/C14H26N2O.ClH/c1-16(11-12-7-3-4-8-12)13(17)14(15)9-5-2-6-10-14;/h12H,2-11,15H2,1H3;1H. The van der Waals surface area contributed by atoms with Crippen molar-refractivity contribution in [1.82, 2.24) is 4.90 Å². The van der Waals surface area contributed by atoms with Crippen molar-refractivity contribution in [2.75, 3.05) is 13.6 Å². The molecule has 0 spiro atoms. The zero-order chi connectivity index (χ0) is 12.3. The molecule has 18 heavy (non-hydrogen) atoms. The maximum atomic E-state index is 12.4. The zero-order valence-electron chi connectivity index (χ0n) is 11.5. The van der Waals surface area contributed by atoms with Gasteiger partial charge in [-0.05, 0) is 31.6 Å². The number of likely N-dealkylation sites (N-methyl/N-ethyl adjacent to an activating group) is 1. The highest BCUT2D eigenvalue weighted by molar-refractivity contribution is 5.86. The first-order valence-corrected chi connectivity index (χ1v) is 7.16. The molecule has 2 aliphatic rings. The Kier molecular flexibility index (Phi) is 5.93. The van der Waals surface area contributed by atoms with Crippen LogP contribution in [-0.4, -0.2) is 29.9 Å². The molecule has 0 heterocycles. The summed E-state index contributed by atoms with van der Waals surface area (Å²) in [6, 6.07) is 0. The van der Waals surface area contributed by atoms with Crippen molar-refractivity contribution in [3.05, 3.63) is 0 Å². The number of carbonyl (C=O) groups is 1. The summed E-state index contributed by atoms with van der Waals surface area (Å²) >= 11 is 0. The summed E-state index contributed by atoms with van der Waals surface area (Å²) in [6.07, 6.45) is 10.4. The van der Waals surface area contributed by atoms with E-state index in [1.165, 1.54) is 32.1 Å². The molecule has 2 rings (SSSR count). The Balaban J connectivity index is 0.00000162. The lowest BCUT2D eigenvalue weighted by Crippen LogP contribution is -2.55. The number of nitrogens with zero attached hydrogens (tertiary/aromatic N) is 1. The van der Waals surface area contributed by atoms with Crippen LogP contribution in [0.3, 0.4) is 0 Å². The van der Waals surface area contributed by atoms with Crippen molar-refractivity contribution in [1.29, 1.82) is 0 Å². The predicted octanol–water partition coefficient (Wildman–Crippen LogP) is 2.72. The van der Waals surface area contributed by atoms with Gasteiger partial charge in [0.25, 0.3) is 0 Å². The van der Waals surface area contributed by atoms with Crippen LogP contribution in [0.2, 0.25) is 0 Å². The molecule has 0 atom stereocenters. The van der Waals surface area contributed by atoms with Gasteiger partial charge in [-0.2, -0.15) is 0 Å². The molecule has 2 saturated carbocycles. The molecule has 0 bridgehead atoms. The monoisotopic (exact) mass is 274 g/mol. The fourth-order valence-corrected chi connectivity index (χ4v) is 3.44. The molecule has 0 saturated heterocycles. The molecule has 0 aromatic heterocycles. The van der Waals surface area contributed by atoms with Gasteiger partial charge in [0.2, 0.25) is 5.91 Å². The molecule has 106 valence electrons. The lowest BCUT2D eigenvalue weighted by Gasteiger charge is -2.36. The Bertz CT molecular complexity index is 271. The van der Waals surface area contributed by atoms with Gasteiger partial charge >= 0.3 is 0 Å². The normalized spacial score (nSPS) is 23.4. The highest BCUT2D eigenvalue weighted by atomic mass is 35.5. The third kappa shape index (κ3) is 3.61. The molecule has 0 aromatic carbocycles. The minimum absolute atomic E-state index is 0. The second kappa shape index (κ2) is 6.76. The summed E-state index contributed by atoms with van der Waals surface area (Å²) in [5, 5.41) is 0. The number of amides is 1. The van der Waals surface area contributed by atoms with Crippen LogP contribution >= 0.6 is 12.4 Å². The van der Waals surface area contributed by atoms with Gasteiger partial charge in [0.05, 0.1) is 5.54 Å². The highest BCUT2D eigenvalue weighted by Crippen LogP contribution is 2.29. The number of hydrogen-bond donors (Lipinski definition) is 1. The SMILES string of the molecule is CN(CC1CCCC1)C(=O)C1(N)CCCCC1.Cl. The molecule has 4 heteroatoms. The van der Waals surface area contributed by atoms with Crippen LogP contribution in [0.15, 0.2) is 0 Å². The first-order chi connectivity index (χ1) is 8.12. The van der Waals surface area contributed by atoms with E-state index in [2.05, 4.69) is 0 Å². The van der Waals surface area contributed by atoms with E-state index in [4.69, 9.17) is 5.73 Å². The Morgan fingerprint density at radius 2 is 1.72 bits per heavy atom. The van der Waals surface area contributed by atoms with E-state index in [-0.39, 0.29) is 18.3 Å². The molecule has 0 unspecified atom stereocenters. The van der Waals surface area contributed by atoms with Gasteiger partial charge in [-0.1, -0.05) is 32.1 Å². The second-order valence-electron chi connectivity index (χ2n) is 6.05. The summed E-state index contributed by atoms with van der Waals surface area (Å²) in [7, 11) is 1.93. The van der Waals surface area contributed by atoms with Gasteiger partial charge < -0.3 is 10.6 Å². The summed E-state index contributed by atoms with van der Waals surface area (Å²) in [5.41, 5.74) is 5.74. The smallest absolute Gasteiger partial charge is 0.242 e. The summed E-state index contributed by atoms with van der Waals surface area (Å²) in [6.45, 7) is 0.914. The van der Waals surface area contributed by atoms with Crippen LogP contribution in [0.25, 0.3) is 0 Å². The molecule has 2 aliphatic carbocycles. The van der Waals surface area contributed by atoms with E-state index in [1.807, 2.05) is 11.9 Å². The topological polar surface area (TPSA) is 46.3 Å². The summed E-state index contributed by atoms with van der Waals surface area (Å²) in [5.74, 6) is 0.903. The third-order valence-corrected chi connectivity index (χ3v) is 4.53. The Hall–Kier alpha value is -0.280. The van der Waals surface area contributed by atoms with E-state index >= 15 is 0 Å². The van der Waals surface area contributed by atoms with Crippen LogP contribution in [0.1, 0.15) is 57.8 Å². The van der Waals surface area contributed by atoms with E-state index in [9.17, 15) is 4.79 Å². The van der Waals surface area contributed by atoms with Crippen LogP contribution < -0.4 is 5.73 Å². The molecular weight excluding hydrogens is 248 g/mol. The van der Waals surface area contributed by atoms with Crippen molar-refractivity contribution in [3.8, 4) is 0 Å². The first-order valence-electron chi connectivity index (χ1n) is 7.16. The van der Waals surface area contributed by atoms with E-state index in [0.717, 1.165) is 38.1 Å². The van der Waals surface area contributed by atoms with Crippen LogP contribution in [0.5, 0.6) is 0 Å². The van der Waals surface area contributed by atoms with E-state index in [0.29, 0.717) is 0 Å². The molecule has 1 amide bonds. The van der Waals surface area contributed by atoms with Crippen molar-refractivity contribution < 1.29 is 4.79 Å². The van der Waals surface area contributed by atoms with Gasteiger partial charge in [0.15, 0.2) is 0 Å². The van der Waals surface area contributed by atoms with Gasteiger partial charge in [0.1, 0.15) is 0 Å². The number of hydrogen-bond acceptors (Lipinski definition) is 2. The average molecular weight is 275 g/mol. The molecule has 2 fully saturated rings. The summed E-state index contributed by atoms with van der Waals surface area (Å²) < 4.78 is 0. The van der Waals surface area contributed by atoms with E-state index < -0.39 is 5.54 Å². The zero-order valence-corrected chi connectivity index (χ0v) is 12.3. The van der Waals surface area contributed by atoms with Crippen molar-refractivity contribution >= 4 is 18.3 Å². The van der Waals surface area contributed by atoms with Crippen LogP contribution in [0, 0.1) is 5.92 Å². The Morgan fingerprint density at radius 1 is 1.17 bits per heavy atom. The molecule has 3 nitrogen and oxygen atoms in total. The van der Waals surface area contributed by atoms with Gasteiger partial charge in [-0.3, -0.25) is 4.79 Å². The minimum Gasteiger partial charge on any atom is -0.344 e. The lowest BCUT2D eigenvalue weighted by molar-refractivity contribution is -0.137. The lowest BCUT2D eigenvalue weighted by atomic mass is 9.81. The fourth-order valence-electron chi connectivity index (χ4n) is 3.44. The molecule has 0 aliphatic heterocycles. The fraction of sp³-hybridized carbons (Fsp3) is 0.929. The number of nitrogens with two attached hydrogens (primary N) is 1. The molecule has 0 radical (unpaired) electrons. The van der Waals surface area contributed by atoms with Crippen molar-refractivity contribution in [2.45, 2.75) is 63.3 Å². The van der Waals surface area contributed by atoms with Crippen LogP contribution in [-0.2, 0) is 4.79 Å². The molecule has 0 aromatic rings. The largest absolute Gasteiger partial charge is 0.344 e. The highest BCUT2D eigenvalue weighted by Gasteiger charge is 2.37. The van der Waals surface area contributed by atoms with Crippen molar-refractivity contribution in [2.24, 2.45) is 11.7 Å². The van der Waals surface area contributed by atoms with Crippen molar-refractivity contribution in [3.63, 3.8) is 0 Å². The maximum Gasteiger partial charge on any atom is 0.242 e. The number of rotatable bonds is 3. The maximum absolute atomic E-state index is 12.4. The number of halogens is 1. The Labute approximate surface area is 117 Å². The summed E-state index contributed by atoms with van der Waals surface area (Å²) in [4.78, 5) is 14.3. The molecular formula is C14H27ClN2O. The van der Waals surface area contributed by atoms with Gasteiger partial charge in [0, 0.05) is 13.6 Å². The van der Waals surface area contributed by atoms with Gasteiger partial charge in [-0.15, -0.1) is 12.4 Å². The number of carbonyl (C=O) groups excluding carboxylic acids is 1. The van der Waals surface area contributed by atoms with Crippen LogP contribution in [0.4, 0.5) is 0 Å². The third-order valence-electron chi connectivity index (χ3n) is 4.53. The first kappa shape index (κ1) is 15.8. The van der Waals surface area contributed by atoms with E-state index in [1.54, 1.807) is 0 Å². The minimum atomic E-state index is -0.550. The Morgan fingerprint density at radius 3 is 2.28 bits per heavy atom.